The number of rotatable bonds is 3. The predicted octanol–water partition coefficient (Wildman–Crippen LogP) is 2.21. The van der Waals surface area contributed by atoms with E-state index in [1.54, 1.807) is 0 Å². The van der Waals surface area contributed by atoms with Gasteiger partial charge in [-0.25, -0.2) is 0 Å². The number of benzene rings is 1. The van der Waals surface area contributed by atoms with E-state index in [-0.39, 0.29) is 23.8 Å². The van der Waals surface area contributed by atoms with Gasteiger partial charge < -0.3 is 5.11 Å². The lowest BCUT2D eigenvalue weighted by Gasteiger charge is -2.44. The fourth-order valence-electron chi connectivity index (χ4n) is 3.70. The molecule has 4 nitrogen and oxygen atoms in total. The van der Waals surface area contributed by atoms with Crippen LogP contribution in [0, 0.1) is 18.8 Å². The van der Waals surface area contributed by atoms with Gasteiger partial charge in [0.05, 0.1) is 17.4 Å². The van der Waals surface area contributed by atoms with Crippen LogP contribution in [-0.4, -0.2) is 28.1 Å². The normalized spacial score (nSPS) is 31.9. The van der Waals surface area contributed by atoms with Crippen molar-refractivity contribution >= 4 is 17.3 Å². The molecule has 0 amide bonds. The summed E-state index contributed by atoms with van der Waals surface area (Å²) in [4.78, 5) is 36.6. The van der Waals surface area contributed by atoms with Crippen LogP contribution >= 0.6 is 0 Å². The first kappa shape index (κ1) is 16.6. The highest BCUT2D eigenvalue weighted by Gasteiger charge is 2.53. The summed E-state index contributed by atoms with van der Waals surface area (Å²) in [5.41, 5.74) is 0.375. The van der Waals surface area contributed by atoms with Crippen LogP contribution < -0.4 is 0 Å². The molecule has 118 valence electrons. The number of carbonyl (C=O) groups is 3. The van der Waals surface area contributed by atoms with Gasteiger partial charge in [0.15, 0.2) is 0 Å². The predicted molar refractivity (Wildman–Crippen MR) is 82.5 cm³/mol. The summed E-state index contributed by atoms with van der Waals surface area (Å²) in [6.07, 6.45) is -0.163. The molecular formula is C18H22O4. The summed E-state index contributed by atoms with van der Waals surface area (Å²) >= 11 is 0. The van der Waals surface area contributed by atoms with Gasteiger partial charge >= 0.3 is 0 Å². The van der Waals surface area contributed by atoms with Crippen molar-refractivity contribution in [1.29, 1.82) is 0 Å². The molecule has 4 atom stereocenters. The van der Waals surface area contributed by atoms with Gasteiger partial charge in [0, 0.05) is 12.3 Å². The van der Waals surface area contributed by atoms with Crippen LogP contribution in [0.15, 0.2) is 24.3 Å². The van der Waals surface area contributed by atoms with E-state index in [2.05, 4.69) is 0 Å². The minimum atomic E-state index is -1.43. The van der Waals surface area contributed by atoms with E-state index < -0.39 is 23.4 Å². The lowest BCUT2D eigenvalue weighted by Crippen LogP contribution is -2.53. The third kappa shape index (κ3) is 2.88. The second-order valence-corrected chi connectivity index (χ2v) is 6.61. The van der Waals surface area contributed by atoms with Crippen LogP contribution in [0.3, 0.4) is 0 Å². The first-order chi connectivity index (χ1) is 10.1. The Morgan fingerprint density at radius 2 is 1.68 bits per heavy atom. The number of aryl methyl sites for hydroxylation is 1. The second kappa shape index (κ2) is 5.76. The fraction of sp³-hybridized carbons (Fsp3) is 0.500. The van der Waals surface area contributed by atoms with Crippen LogP contribution in [-0.2, 0) is 14.4 Å². The molecule has 0 saturated heterocycles. The van der Waals surface area contributed by atoms with E-state index in [1.807, 2.05) is 31.2 Å². The van der Waals surface area contributed by atoms with Gasteiger partial charge in [0.25, 0.3) is 0 Å². The minimum absolute atomic E-state index is 0.163. The Hall–Kier alpha value is -1.81. The number of ketones is 3. The molecule has 0 radical (unpaired) electrons. The molecule has 1 aliphatic carbocycles. The van der Waals surface area contributed by atoms with E-state index in [1.165, 1.54) is 20.8 Å². The number of aliphatic hydroxyl groups is 1. The molecule has 1 aromatic carbocycles. The smallest absolute Gasteiger partial charge is 0.146 e. The minimum Gasteiger partial charge on any atom is -0.389 e. The van der Waals surface area contributed by atoms with Crippen molar-refractivity contribution in [3.8, 4) is 0 Å². The Kier molecular flexibility index (Phi) is 4.34. The van der Waals surface area contributed by atoms with Gasteiger partial charge in [-0.15, -0.1) is 0 Å². The van der Waals surface area contributed by atoms with Crippen molar-refractivity contribution in [3.63, 3.8) is 0 Å². The molecule has 1 aliphatic rings. The van der Waals surface area contributed by atoms with Crippen LogP contribution in [0.5, 0.6) is 0 Å². The van der Waals surface area contributed by atoms with Gasteiger partial charge in [-0.3, -0.25) is 14.4 Å². The van der Waals surface area contributed by atoms with Crippen LogP contribution in [0.1, 0.15) is 44.2 Å². The van der Waals surface area contributed by atoms with Crippen LogP contribution in [0.2, 0.25) is 0 Å². The molecule has 1 fully saturated rings. The van der Waals surface area contributed by atoms with Gasteiger partial charge in [-0.1, -0.05) is 29.8 Å². The summed E-state index contributed by atoms with van der Waals surface area (Å²) in [6.45, 7) is 6.24. The Labute approximate surface area is 130 Å². The van der Waals surface area contributed by atoms with Crippen LogP contribution in [0.4, 0.5) is 0 Å². The Bertz CT molecular complexity index is 612. The molecule has 1 saturated carbocycles. The topological polar surface area (TPSA) is 71.4 Å². The van der Waals surface area contributed by atoms with Gasteiger partial charge in [-0.2, -0.15) is 0 Å². The van der Waals surface area contributed by atoms with Crippen LogP contribution in [0.25, 0.3) is 0 Å². The lowest BCUT2D eigenvalue weighted by molar-refractivity contribution is -0.151. The third-order valence-electron chi connectivity index (χ3n) is 4.61. The molecule has 2 rings (SSSR count). The average molecular weight is 302 g/mol. The van der Waals surface area contributed by atoms with Crippen molar-refractivity contribution < 1.29 is 19.5 Å². The molecule has 0 aromatic heterocycles. The highest BCUT2D eigenvalue weighted by Crippen LogP contribution is 2.46. The van der Waals surface area contributed by atoms with E-state index in [4.69, 9.17) is 0 Å². The van der Waals surface area contributed by atoms with E-state index >= 15 is 0 Å². The van der Waals surface area contributed by atoms with Gasteiger partial charge in [0.1, 0.15) is 17.3 Å². The van der Waals surface area contributed by atoms with Crippen molar-refractivity contribution in [2.24, 2.45) is 11.8 Å². The SMILES string of the molecule is CC(=O)[C@@H]1C(=O)C[C@](C)(O)[C@H](C(C)=O)[C@@H]1c1ccc(C)cc1. The maximum absolute atomic E-state index is 12.4. The van der Waals surface area contributed by atoms with Crippen molar-refractivity contribution in [2.45, 2.75) is 45.6 Å². The maximum Gasteiger partial charge on any atom is 0.146 e. The summed E-state index contributed by atoms with van der Waals surface area (Å²) in [5.74, 6) is -2.97. The lowest BCUT2D eigenvalue weighted by atomic mass is 9.60. The molecule has 0 aliphatic heterocycles. The molecule has 1 aromatic rings. The summed E-state index contributed by atoms with van der Waals surface area (Å²) in [5, 5.41) is 10.6. The molecule has 0 unspecified atom stereocenters. The zero-order valence-electron chi connectivity index (χ0n) is 13.4. The monoisotopic (exact) mass is 302 g/mol. The summed E-state index contributed by atoms with van der Waals surface area (Å²) < 4.78 is 0. The molecular weight excluding hydrogens is 280 g/mol. The standard InChI is InChI=1S/C18H22O4/c1-10-5-7-13(8-6-10)16-15(11(2)19)14(21)9-18(4,22)17(16)12(3)20/h5-8,15-17,22H,9H2,1-4H3/t15-,16-,17-,18+/m1/s1. The van der Waals surface area contributed by atoms with Crippen molar-refractivity contribution in [3.05, 3.63) is 35.4 Å². The zero-order chi connectivity index (χ0) is 16.7. The fourth-order valence-corrected chi connectivity index (χ4v) is 3.70. The quantitative estimate of drug-likeness (QED) is 0.869. The Morgan fingerprint density at radius 1 is 1.14 bits per heavy atom. The van der Waals surface area contributed by atoms with E-state index in [0.717, 1.165) is 11.1 Å². The zero-order valence-corrected chi connectivity index (χ0v) is 13.4. The largest absolute Gasteiger partial charge is 0.389 e. The van der Waals surface area contributed by atoms with Crippen molar-refractivity contribution in [2.75, 3.05) is 0 Å². The molecule has 4 heteroatoms. The highest BCUT2D eigenvalue weighted by molar-refractivity contribution is 6.05. The molecule has 0 bridgehead atoms. The third-order valence-corrected chi connectivity index (χ3v) is 4.61. The van der Waals surface area contributed by atoms with Crippen molar-refractivity contribution in [1.82, 2.24) is 0 Å². The summed E-state index contributed by atoms with van der Waals surface area (Å²) in [6, 6.07) is 7.44. The van der Waals surface area contributed by atoms with Gasteiger partial charge in [-0.05, 0) is 33.3 Å². The Balaban J connectivity index is 2.61. The van der Waals surface area contributed by atoms with E-state index in [0.29, 0.717) is 0 Å². The van der Waals surface area contributed by atoms with E-state index in [9.17, 15) is 19.5 Å². The second-order valence-electron chi connectivity index (χ2n) is 6.61. The molecule has 22 heavy (non-hydrogen) atoms. The highest BCUT2D eigenvalue weighted by atomic mass is 16.3. The molecule has 0 spiro atoms. The number of carbonyl (C=O) groups excluding carboxylic acids is 3. The molecule has 1 N–H and O–H groups in total. The first-order valence-corrected chi connectivity index (χ1v) is 7.47. The first-order valence-electron chi connectivity index (χ1n) is 7.47. The number of hydrogen-bond donors (Lipinski definition) is 1. The average Bonchev–Trinajstić information content (AvgIpc) is 2.36. The summed E-state index contributed by atoms with van der Waals surface area (Å²) in [7, 11) is 0. The maximum atomic E-state index is 12.4. The van der Waals surface area contributed by atoms with Gasteiger partial charge in [0.2, 0.25) is 0 Å². The number of hydrogen-bond acceptors (Lipinski definition) is 4. The molecule has 0 heterocycles. The Morgan fingerprint density at radius 3 is 2.14 bits per heavy atom. The number of Topliss-reactive ketones (excluding diaryl/α,β-unsaturated/α-hetero) is 3.